The number of hydrogen-bond acceptors (Lipinski definition) is 14. The van der Waals surface area contributed by atoms with Crippen LogP contribution in [0, 0.1) is 5.92 Å². The van der Waals surface area contributed by atoms with Crippen LogP contribution < -0.4 is 16.4 Å². The van der Waals surface area contributed by atoms with Gasteiger partial charge in [0.05, 0.1) is 36.7 Å². The molecule has 0 bridgehead atoms. The number of ether oxygens (including phenoxy) is 5. The van der Waals surface area contributed by atoms with Crippen LogP contribution in [0.1, 0.15) is 188 Å². The molecule has 1 saturated carbocycles. The lowest BCUT2D eigenvalue weighted by atomic mass is 9.66. The van der Waals surface area contributed by atoms with E-state index in [1.165, 1.54) is 69.8 Å². The number of nitrogens with two attached hydrogens (primary N) is 1. The van der Waals surface area contributed by atoms with Crippen LogP contribution in [0.5, 0.6) is 0 Å². The van der Waals surface area contributed by atoms with Crippen molar-refractivity contribution in [1.82, 2.24) is 10.6 Å². The number of alkyl halides is 1. The van der Waals surface area contributed by atoms with E-state index in [-0.39, 0.29) is 44.6 Å². The van der Waals surface area contributed by atoms with Gasteiger partial charge >= 0.3 is 25.9 Å². The lowest BCUT2D eigenvalue weighted by Gasteiger charge is -2.48. The molecule has 1 saturated heterocycles. The summed E-state index contributed by atoms with van der Waals surface area (Å²) >= 11 is 6.31. The number of phosphoric acid groups is 1. The molecule has 6 N–H and O–H groups in total. The number of epoxide rings is 1. The molecule has 1 aliphatic carbocycles. The van der Waals surface area contributed by atoms with Crippen molar-refractivity contribution < 1.29 is 61.7 Å². The van der Waals surface area contributed by atoms with E-state index in [9.17, 15) is 28.9 Å². The normalized spacial score (nSPS) is 23.6. The van der Waals surface area contributed by atoms with Crippen LogP contribution in [0.3, 0.4) is 0 Å². The second kappa shape index (κ2) is 36.1. The van der Waals surface area contributed by atoms with Crippen molar-refractivity contribution in [2.24, 2.45) is 11.7 Å². The smallest absolute Gasteiger partial charge is 0.462 e. The van der Waals surface area contributed by atoms with Gasteiger partial charge in [0.25, 0.3) is 0 Å². The van der Waals surface area contributed by atoms with Crippen LogP contribution in [0.15, 0.2) is 11.6 Å². The van der Waals surface area contributed by atoms with Gasteiger partial charge in [0, 0.05) is 39.6 Å². The number of carbonyl (C=O) groups excluding carboxylic acids is 3. The predicted octanol–water partition coefficient (Wildman–Crippen LogP) is 9.73. The summed E-state index contributed by atoms with van der Waals surface area (Å²) in [5, 5.41) is 17.7. The maximum Gasteiger partial charge on any atom is 0.472 e. The monoisotopic (exact) mass is 1010 g/mol. The highest BCUT2D eigenvalue weighted by molar-refractivity contribution is 7.47. The minimum absolute atomic E-state index is 0.0232. The molecule has 398 valence electrons. The highest BCUT2D eigenvalue weighted by Crippen LogP contribution is 2.55. The van der Waals surface area contributed by atoms with Crippen molar-refractivity contribution in [3.63, 3.8) is 0 Å². The van der Waals surface area contributed by atoms with Gasteiger partial charge in [0.1, 0.15) is 24.4 Å². The summed E-state index contributed by atoms with van der Waals surface area (Å²) < 4.78 is 50.8. The van der Waals surface area contributed by atoms with E-state index < -0.39 is 67.9 Å². The maximum absolute atomic E-state index is 12.8. The van der Waals surface area contributed by atoms with E-state index in [0.29, 0.717) is 38.8 Å². The lowest BCUT2D eigenvalue weighted by molar-refractivity contribution is -0.170. The molecule has 68 heavy (non-hydrogen) atoms. The minimum atomic E-state index is -4.43. The highest BCUT2D eigenvalue weighted by atomic mass is 35.5. The van der Waals surface area contributed by atoms with Crippen LogP contribution in [0.2, 0.25) is 0 Å². The SMILES string of the molecule is CCCCCCCCCCCCCCCCC(=O)OCC(COP(=O)(O)OCCN)OC(=O)CCCCCCCCNCCNC(=O)OC1CC[C@](O)(CCl)[C@@H]([C@@]2(C)OC2CC=C(C)C)[C@@H]1OC. The number of alkyl carbamates (subject to hydrolysis) is 1. The number of rotatable bonds is 42. The standard InChI is InChI=1S/C50H93ClN3O13P/c1-6-7-8-9-10-11-12-13-14-15-16-17-20-23-26-44(55)62-37-41(38-64-68(59,60)63-36-32-52)65-45(56)27-24-21-18-19-22-25-33-53-34-35-54-48(57)66-42-30-31-50(58,39-51)47(46(42)61-5)49(4)43(67-49)29-28-40(2)3/h28,41-43,46-47,53,58H,6-27,29-39,52H2,1-5H3,(H,54,57)(H,59,60)/t41?,42?,43?,46-,47-,49+,50+/m1/s1. The van der Waals surface area contributed by atoms with Gasteiger partial charge in [-0.25, -0.2) is 9.36 Å². The molecule has 0 aromatic carbocycles. The molecular weight excluding hydrogens is 917 g/mol. The topological polar surface area (TPSA) is 227 Å². The average molecular weight is 1010 g/mol. The third kappa shape index (κ3) is 26.6. The van der Waals surface area contributed by atoms with E-state index in [2.05, 4.69) is 23.6 Å². The van der Waals surface area contributed by atoms with Crippen molar-refractivity contribution in [1.29, 1.82) is 0 Å². The number of nitrogens with one attached hydrogen (secondary N) is 2. The molecular formula is C50H93ClN3O13P. The Morgan fingerprint density at radius 2 is 1.41 bits per heavy atom. The Hall–Kier alpha value is -1.85. The summed E-state index contributed by atoms with van der Waals surface area (Å²) in [5.41, 5.74) is 4.68. The van der Waals surface area contributed by atoms with Crippen LogP contribution in [-0.4, -0.2) is 123 Å². The van der Waals surface area contributed by atoms with Gasteiger partial charge in [-0.3, -0.25) is 18.6 Å². The lowest BCUT2D eigenvalue weighted by Crippen LogP contribution is -2.61. The Morgan fingerprint density at radius 1 is 0.838 bits per heavy atom. The van der Waals surface area contributed by atoms with Crippen molar-refractivity contribution in [3.05, 3.63) is 11.6 Å². The third-order valence-electron chi connectivity index (χ3n) is 13.0. The van der Waals surface area contributed by atoms with Crippen molar-refractivity contribution in [2.45, 2.75) is 224 Å². The van der Waals surface area contributed by atoms with Gasteiger partial charge in [0.15, 0.2) is 6.10 Å². The second-order valence-electron chi connectivity index (χ2n) is 19.3. The number of amides is 1. The molecule has 0 aromatic heterocycles. The van der Waals surface area contributed by atoms with E-state index in [0.717, 1.165) is 64.3 Å². The van der Waals surface area contributed by atoms with Crippen LogP contribution in [0.4, 0.5) is 4.79 Å². The Kier molecular flexibility index (Phi) is 33.1. The first kappa shape index (κ1) is 62.3. The Morgan fingerprint density at radius 3 is 1.97 bits per heavy atom. The summed E-state index contributed by atoms with van der Waals surface area (Å²) in [6.45, 7) is 9.10. The largest absolute Gasteiger partial charge is 0.472 e. The number of esters is 2. The van der Waals surface area contributed by atoms with E-state index in [4.69, 9.17) is 50.1 Å². The summed E-state index contributed by atoms with van der Waals surface area (Å²) in [7, 11) is -2.87. The number of methoxy groups -OCH3 is 1. The summed E-state index contributed by atoms with van der Waals surface area (Å²) in [4.78, 5) is 47.9. The van der Waals surface area contributed by atoms with Crippen LogP contribution in [-0.2, 0) is 46.9 Å². The van der Waals surface area contributed by atoms with Crippen molar-refractivity contribution >= 4 is 37.5 Å². The Balaban J connectivity index is 1.58. The van der Waals surface area contributed by atoms with Crippen molar-refractivity contribution in [2.75, 3.05) is 59.0 Å². The molecule has 4 unspecified atom stereocenters. The Bertz CT molecular complexity index is 1460. The van der Waals surface area contributed by atoms with Crippen LogP contribution in [0.25, 0.3) is 0 Å². The van der Waals surface area contributed by atoms with E-state index in [1.54, 1.807) is 7.11 Å². The van der Waals surface area contributed by atoms with E-state index in [1.807, 2.05) is 20.8 Å². The number of carbonyl (C=O) groups is 3. The number of aliphatic hydroxyl groups is 1. The zero-order valence-electron chi connectivity index (χ0n) is 42.6. The quantitative estimate of drug-likeness (QED) is 0.00730. The number of unbranched alkanes of at least 4 members (excludes halogenated alkanes) is 18. The van der Waals surface area contributed by atoms with E-state index >= 15 is 0 Å². The molecule has 0 spiro atoms. The first-order valence-electron chi connectivity index (χ1n) is 26.1. The van der Waals surface area contributed by atoms with Gasteiger partial charge in [-0.1, -0.05) is 128 Å². The summed E-state index contributed by atoms with van der Waals surface area (Å²) in [6, 6.07) is 0. The first-order valence-corrected chi connectivity index (χ1v) is 28.1. The summed E-state index contributed by atoms with van der Waals surface area (Å²) in [5.74, 6) is -1.37. The molecule has 8 atom stereocenters. The fourth-order valence-corrected chi connectivity index (χ4v) is 10.1. The second-order valence-corrected chi connectivity index (χ2v) is 21.0. The highest BCUT2D eigenvalue weighted by Gasteiger charge is 2.67. The average Bonchev–Trinajstić information content (AvgIpc) is 3.98. The van der Waals surface area contributed by atoms with Gasteiger partial charge in [-0.15, -0.1) is 11.6 Å². The molecule has 16 nitrogen and oxygen atoms in total. The van der Waals surface area contributed by atoms with Crippen molar-refractivity contribution in [3.8, 4) is 0 Å². The molecule has 2 fully saturated rings. The molecule has 1 heterocycles. The predicted molar refractivity (Wildman–Crippen MR) is 267 cm³/mol. The van der Waals surface area contributed by atoms with Gasteiger partial charge in [-0.05, 0) is 65.8 Å². The number of allylic oxidation sites excluding steroid dienone is 1. The van der Waals surface area contributed by atoms with Gasteiger partial charge in [0.2, 0.25) is 0 Å². The van der Waals surface area contributed by atoms with Gasteiger partial charge in [-0.2, -0.15) is 0 Å². The first-order chi connectivity index (χ1) is 32.6. The minimum Gasteiger partial charge on any atom is -0.462 e. The molecule has 0 aromatic rings. The molecule has 2 rings (SSSR count). The number of phosphoric ester groups is 1. The Labute approximate surface area is 414 Å². The zero-order valence-corrected chi connectivity index (χ0v) is 44.2. The number of hydrogen-bond donors (Lipinski definition) is 5. The molecule has 1 aliphatic heterocycles. The molecule has 18 heteroatoms. The van der Waals surface area contributed by atoms with Gasteiger partial charge < -0.3 is 50.1 Å². The fraction of sp³-hybridized carbons (Fsp3) is 0.900. The molecule has 0 radical (unpaired) electrons. The third-order valence-corrected chi connectivity index (χ3v) is 14.5. The zero-order chi connectivity index (χ0) is 50.1. The molecule has 1 amide bonds. The number of halogens is 1. The molecule has 2 aliphatic rings. The van der Waals surface area contributed by atoms with Crippen LogP contribution >= 0.6 is 19.4 Å². The maximum atomic E-state index is 12.8. The summed E-state index contributed by atoms with van der Waals surface area (Å²) in [6.07, 6.45) is 23.5. The fourth-order valence-electron chi connectivity index (χ4n) is 9.08.